The number of pyridine rings is 1. The molecular weight excluding hydrogens is 264 g/mol. The predicted molar refractivity (Wildman–Crippen MR) is 80.5 cm³/mol. The van der Waals surface area contributed by atoms with E-state index in [9.17, 15) is 5.26 Å². The van der Waals surface area contributed by atoms with Crippen molar-refractivity contribution in [2.24, 2.45) is 0 Å². The number of furan rings is 1. The first-order valence-corrected chi connectivity index (χ1v) is 6.41. The van der Waals surface area contributed by atoms with E-state index in [-0.39, 0.29) is 0 Å². The first-order chi connectivity index (χ1) is 10.3. The standard InChI is InChI=1S/C17H12N2O2/c1-20-16-7-4-5-12-9-14(21-17(12)16)10-13(11-18)15-6-2-3-8-19-15/h2-10H,1H3. The van der Waals surface area contributed by atoms with Crippen molar-refractivity contribution in [2.75, 3.05) is 7.11 Å². The van der Waals surface area contributed by atoms with Crippen LogP contribution in [0, 0.1) is 11.3 Å². The van der Waals surface area contributed by atoms with Crippen LogP contribution in [0.2, 0.25) is 0 Å². The first kappa shape index (κ1) is 12.9. The first-order valence-electron chi connectivity index (χ1n) is 6.41. The van der Waals surface area contributed by atoms with Crippen molar-refractivity contribution in [3.05, 3.63) is 60.1 Å². The summed E-state index contributed by atoms with van der Waals surface area (Å²) in [6, 6.07) is 15.1. The number of hydrogen-bond acceptors (Lipinski definition) is 4. The zero-order chi connectivity index (χ0) is 14.7. The molecule has 0 saturated heterocycles. The van der Waals surface area contributed by atoms with Crippen LogP contribution in [0.4, 0.5) is 0 Å². The number of aromatic nitrogens is 1. The highest BCUT2D eigenvalue weighted by Gasteiger charge is 2.09. The molecular formula is C17H12N2O2. The number of nitriles is 1. The lowest BCUT2D eigenvalue weighted by atomic mass is 10.1. The van der Waals surface area contributed by atoms with E-state index in [1.165, 1.54) is 0 Å². The van der Waals surface area contributed by atoms with E-state index in [2.05, 4.69) is 11.1 Å². The highest BCUT2D eigenvalue weighted by atomic mass is 16.5. The van der Waals surface area contributed by atoms with Crippen LogP contribution >= 0.6 is 0 Å². The number of allylic oxidation sites excluding steroid dienone is 1. The van der Waals surface area contributed by atoms with E-state index >= 15 is 0 Å². The minimum Gasteiger partial charge on any atom is -0.493 e. The Labute approximate surface area is 121 Å². The molecule has 2 aromatic heterocycles. The van der Waals surface area contributed by atoms with Gasteiger partial charge in [-0.05, 0) is 24.3 Å². The number of benzene rings is 1. The van der Waals surface area contributed by atoms with Crippen LogP contribution < -0.4 is 4.74 Å². The molecule has 0 spiro atoms. The molecule has 0 N–H and O–H groups in total. The van der Waals surface area contributed by atoms with Gasteiger partial charge in [0.25, 0.3) is 0 Å². The van der Waals surface area contributed by atoms with Crippen molar-refractivity contribution >= 4 is 22.6 Å². The summed E-state index contributed by atoms with van der Waals surface area (Å²) in [5.41, 5.74) is 1.74. The molecule has 0 saturated carbocycles. The molecule has 0 aliphatic rings. The normalized spacial score (nSPS) is 11.3. The Hall–Kier alpha value is -3.06. The quantitative estimate of drug-likeness (QED) is 0.681. The molecule has 0 radical (unpaired) electrons. The monoisotopic (exact) mass is 276 g/mol. The molecule has 3 aromatic rings. The maximum atomic E-state index is 9.29. The molecule has 2 heterocycles. The number of fused-ring (bicyclic) bond motifs is 1. The van der Waals surface area contributed by atoms with Crippen molar-refractivity contribution in [3.63, 3.8) is 0 Å². The van der Waals surface area contributed by atoms with E-state index < -0.39 is 0 Å². The van der Waals surface area contributed by atoms with Gasteiger partial charge in [0.05, 0.1) is 18.4 Å². The Kier molecular flexibility index (Phi) is 3.40. The van der Waals surface area contributed by atoms with Crippen LogP contribution in [0.3, 0.4) is 0 Å². The molecule has 4 heteroatoms. The van der Waals surface area contributed by atoms with E-state index in [0.717, 1.165) is 5.39 Å². The maximum absolute atomic E-state index is 9.29. The Balaban J connectivity index is 2.08. The average Bonchev–Trinajstić information content (AvgIpc) is 2.96. The summed E-state index contributed by atoms with van der Waals surface area (Å²) in [7, 11) is 1.60. The van der Waals surface area contributed by atoms with Crippen LogP contribution in [0.1, 0.15) is 11.5 Å². The van der Waals surface area contributed by atoms with E-state index in [0.29, 0.717) is 28.4 Å². The van der Waals surface area contributed by atoms with Gasteiger partial charge in [-0.2, -0.15) is 5.26 Å². The van der Waals surface area contributed by atoms with Crippen molar-refractivity contribution in [2.45, 2.75) is 0 Å². The largest absolute Gasteiger partial charge is 0.493 e. The van der Waals surface area contributed by atoms with Gasteiger partial charge in [-0.15, -0.1) is 0 Å². The molecule has 0 atom stereocenters. The van der Waals surface area contributed by atoms with Gasteiger partial charge in [0.2, 0.25) is 0 Å². The maximum Gasteiger partial charge on any atom is 0.176 e. The zero-order valence-electron chi connectivity index (χ0n) is 11.4. The molecule has 4 nitrogen and oxygen atoms in total. The molecule has 21 heavy (non-hydrogen) atoms. The van der Waals surface area contributed by atoms with Gasteiger partial charge in [-0.25, -0.2) is 0 Å². The van der Waals surface area contributed by atoms with Crippen molar-refractivity contribution in [1.82, 2.24) is 4.98 Å². The van der Waals surface area contributed by atoms with Gasteiger partial charge in [0, 0.05) is 17.7 Å². The molecule has 0 amide bonds. The number of rotatable bonds is 3. The average molecular weight is 276 g/mol. The van der Waals surface area contributed by atoms with Crippen LogP contribution in [0.15, 0.2) is 53.1 Å². The summed E-state index contributed by atoms with van der Waals surface area (Å²) < 4.78 is 11.0. The second-order valence-electron chi connectivity index (χ2n) is 4.41. The molecule has 0 unspecified atom stereocenters. The highest BCUT2D eigenvalue weighted by Crippen LogP contribution is 2.30. The minimum atomic E-state index is 0.452. The van der Waals surface area contributed by atoms with Gasteiger partial charge in [0.1, 0.15) is 11.8 Å². The van der Waals surface area contributed by atoms with Crippen LogP contribution in [-0.4, -0.2) is 12.1 Å². The molecule has 0 aliphatic carbocycles. The van der Waals surface area contributed by atoms with Crippen molar-refractivity contribution in [3.8, 4) is 11.8 Å². The number of para-hydroxylation sites is 1. The van der Waals surface area contributed by atoms with Gasteiger partial charge in [-0.3, -0.25) is 4.98 Å². The van der Waals surface area contributed by atoms with Crippen molar-refractivity contribution in [1.29, 1.82) is 5.26 Å². The second-order valence-corrected chi connectivity index (χ2v) is 4.41. The fourth-order valence-electron chi connectivity index (χ4n) is 2.12. The summed E-state index contributed by atoms with van der Waals surface area (Å²) in [5.74, 6) is 1.26. The molecule has 3 rings (SSSR count). The molecule has 1 aromatic carbocycles. The third kappa shape index (κ3) is 2.49. The summed E-state index contributed by atoms with van der Waals surface area (Å²) >= 11 is 0. The van der Waals surface area contributed by atoms with Crippen LogP contribution in [0.25, 0.3) is 22.6 Å². The smallest absolute Gasteiger partial charge is 0.176 e. The second kappa shape index (κ2) is 5.51. The Morgan fingerprint density at radius 2 is 2.19 bits per heavy atom. The zero-order valence-corrected chi connectivity index (χ0v) is 11.4. The summed E-state index contributed by atoms with van der Waals surface area (Å²) in [6.07, 6.45) is 3.34. The Morgan fingerprint density at radius 1 is 1.29 bits per heavy atom. The predicted octanol–water partition coefficient (Wildman–Crippen LogP) is 3.90. The number of methoxy groups -OCH3 is 1. The van der Waals surface area contributed by atoms with Crippen LogP contribution in [-0.2, 0) is 0 Å². The van der Waals surface area contributed by atoms with E-state index in [1.807, 2.05) is 36.4 Å². The lowest BCUT2D eigenvalue weighted by Gasteiger charge is -1.98. The van der Waals surface area contributed by atoms with Crippen molar-refractivity contribution < 1.29 is 9.15 Å². The topological polar surface area (TPSA) is 59.0 Å². The lowest BCUT2D eigenvalue weighted by molar-refractivity contribution is 0.410. The van der Waals surface area contributed by atoms with Crippen LogP contribution in [0.5, 0.6) is 5.75 Å². The van der Waals surface area contributed by atoms with Gasteiger partial charge < -0.3 is 9.15 Å². The number of hydrogen-bond donors (Lipinski definition) is 0. The summed E-state index contributed by atoms with van der Waals surface area (Å²) in [5, 5.41) is 10.2. The highest BCUT2D eigenvalue weighted by molar-refractivity contribution is 5.91. The molecule has 0 aliphatic heterocycles. The fourth-order valence-corrected chi connectivity index (χ4v) is 2.12. The van der Waals surface area contributed by atoms with E-state index in [1.54, 1.807) is 25.4 Å². The SMILES string of the molecule is COc1cccc2cc(C=C(C#N)c3ccccn3)oc12. The molecule has 102 valence electrons. The minimum absolute atomic E-state index is 0.452. The third-order valence-corrected chi connectivity index (χ3v) is 3.09. The van der Waals surface area contributed by atoms with Gasteiger partial charge in [-0.1, -0.05) is 18.2 Å². The molecule has 0 fully saturated rings. The summed E-state index contributed by atoms with van der Waals surface area (Å²) in [6.45, 7) is 0. The lowest BCUT2D eigenvalue weighted by Crippen LogP contribution is -1.85. The Bertz CT molecular complexity index is 842. The fraction of sp³-hybridized carbons (Fsp3) is 0.0588. The van der Waals surface area contributed by atoms with Gasteiger partial charge >= 0.3 is 0 Å². The van der Waals surface area contributed by atoms with Gasteiger partial charge in [0.15, 0.2) is 11.3 Å². The third-order valence-electron chi connectivity index (χ3n) is 3.09. The summed E-state index contributed by atoms with van der Waals surface area (Å²) in [4.78, 5) is 4.18. The number of ether oxygens (including phenoxy) is 1. The van der Waals surface area contributed by atoms with E-state index in [4.69, 9.17) is 9.15 Å². The molecule has 0 bridgehead atoms. The number of nitrogens with zero attached hydrogens (tertiary/aromatic N) is 2. The Morgan fingerprint density at radius 3 is 2.90 bits per heavy atom.